The highest BCUT2D eigenvalue weighted by Crippen LogP contribution is 2.27. The molecule has 3 nitrogen and oxygen atoms in total. The number of benzene rings is 1. The molecular weight excluding hydrogens is 273 g/mol. The molecule has 0 aromatic heterocycles. The van der Waals surface area contributed by atoms with Crippen LogP contribution in [0.5, 0.6) is 5.75 Å². The van der Waals surface area contributed by atoms with Gasteiger partial charge in [0.05, 0.1) is 12.7 Å². The fourth-order valence-electron chi connectivity index (χ4n) is 2.26. The van der Waals surface area contributed by atoms with E-state index in [9.17, 15) is 4.79 Å². The summed E-state index contributed by atoms with van der Waals surface area (Å²) in [6.45, 7) is 0.752. The molecule has 0 saturated carbocycles. The standard InChI is InChI=1S/C13H15Cl2NO2/c1-18-12-7-9(15)4-5-11(12)13(17)16-6-2-3-10(16)8-14/h4-5,7,10H,2-3,6,8H2,1H3. The van der Waals surface area contributed by atoms with Crippen molar-refractivity contribution in [2.45, 2.75) is 18.9 Å². The van der Waals surface area contributed by atoms with Crippen LogP contribution >= 0.6 is 23.2 Å². The third kappa shape index (κ3) is 2.57. The normalized spacial score (nSPS) is 19.1. The van der Waals surface area contributed by atoms with Gasteiger partial charge in [-0.15, -0.1) is 11.6 Å². The molecule has 1 heterocycles. The number of carbonyl (C=O) groups is 1. The van der Waals surface area contributed by atoms with Gasteiger partial charge in [-0.3, -0.25) is 4.79 Å². The van der Waals surface area contributed by atoms with Gasteiger partial charge in [-0.25, -0.2) is 0 Å². The number of amides is 1. The second-order valence-corrected chi connectivity index (χ2v) is 5.04. The first-order valence-electron chi connectivity index (χ1n) is 5.88. The number of methoxy groups -OCH3 is 1. The molecule has 2 rings (SSSR count). The van der Waals surface area contributed by atoms with Crippen molar-refractivity contribution in [3.05, 3.63) is 28.8 Å². The van der Waals surface area contributed by atoms with E-state index in [1.807, 2.05) is 4.90 Å². The highest BCUT2D eigenvalue weighted by Gasteiger charge is 2.30. The summed E-state index contributed by atoms with van der Waals surface area (Å²) in [7, 11) is 1.53. The predicted molar refractivity (Wildman–Crippen MR) is 72.8 cm³/mol. The maximum absolute atomic E-state index is 12.5. The summed E-state index contributed by atoms with van der Waals surface area (Å²) < 4.78 is 5.21. The first-order valence-corrected chi connectivity index (χ1v) is 6.79. The molecule has 0 spiro atoms. The molecule has 1 fully saturated rings. The van der Waals surface area contributed by atoms with Crippen molar-refractivity contribution in [3.8, 4) is 5.75 Å². The maximum Gasteiger partial charge on any atom is 0.257 e. The maximum atomic E-state index is 12.5. The Morgan fingerprint density at radius 1 is 1.56 bits per heavy atom. The Morgan fingerprint density at radius 3 is 3.00 bits per heavy atom. The lowest BCUT2D eigenvalue weighted by Gasteiger charge is -2.23. The van der Waals surface area contributed by atoms with E-state index in [1.165, 1.54) is 7.11 Å². The molecule has 1 amide bonds. The van der Waals surface area contributed by atoms with Crippen molar-refractivity contribution in [3.63, 3.8) is 0 Å². The third-order valence-corrected chi connectivity index (χ3v) is 3.80. The number of likely N-dealkylation sites (tertiary alicyclic amines) is 1. The molecule has 1 atom stereocenters. The number of alkyl halides is 1. The van der Waals surface area contributed by atoms with Crippen molar-refractivity contribution in [1.29, 1.82) is 0 Å². The van der Waals surface area contributed by atoms with Gasteiger partial charge in [-0.05, 0) is 31.0 Å². The van der Waals surface area contributed by atoms with E-state index >= 15 is 0 Å². The number of halogens is 2. The van der Waals surface area contributed by atoms with Crippen LogP contribution in [0, 0.1) is 0 Å². The quantitative estimate of drug-likeness (QED) is 0.799. The Hall–Kier alpha value is -0.930. The number of rotatable bonds is 3. The van der Waals surface area contributed by atoms with E-state index in [1.54, 1.807) is 18.2 Å². The molecule has 1 saturated heterocycles. The zero-order valence-corrected chi connectivity index (χ0v) is 11.7. The van der Waals surface area contributed by atoms with Gasteiger partial charge in [0.25, 0.3) is 5.91 Å². The number of ether oxygens (including phenoxy) is 1. The summed E-state index contributed by atoms with van der Waals surface area (Å²) in [5.41, 5.74) is 0.541. The highest BCUT2D eigenvalue weighted by atomic mass is 35.5. The Kier molecular flexibility index (Phi) is 4.36. The van der Waals surface area contributed by atoms with Crippen molar-refractivity contribution >= 4 is 29.1 Å². The summed E-state index contributed by atoms with van der Waals surface area (Å²) in [6, 6.07) is 5.18. The Labute approximate surface area is 117 Å². The van der Waals surface area contributed by atoms with Crippen LogP contribution in [0.4, 0.5) is 0 Å². The van der Waals surface area contributed by atoms with Gasteiger partial charge in [0.2, 0.25) is 0 Å². The topological polar surface area (TPSA) is 29.5 Å². The van der Waals surface area contributed by atoms with Gasteiger partial charge in [0, 0.05) is 23.5 Å². The lowest BCUT2D eigenvalue weighted by atomic mass is 10.1. The monoisotopic (exact) mass is 287 g/mol. The van der Waals surface area contributed by atoms with Crippen LogP contribution < -0.4 is 4.74 Å². The van der Waals surface area contributed by atoms with Crippen LogP contribution in [-0.2, 0) is 0 Å². The molecule has 1 aromatic rings. The van der Waals surface area contributed by atoms with E-state index in [0.29, 0.717) is 22.2 Å². The van der Waals surface area contributed by atoms with E-state index < -0.39 is 0 Å². The summed E-state index contributed by atoms with van der Waals surface area (Å²) in [6.07, 6.45) is 1.96. The molecule has 0 radical (unpaired) electrons. The van der Waals surface area contributed by atoms with Crippen LogP contribution in [0.1, 0.15) is 23.2 Å². The Balaban J connectivity index is 2.28. The molecule has 18 heavy (non-hydrogen) atoms. The summed E-state index contributed by atoms with van der Waals surface area (Å²) in [4.78, 5) is 14.3. The molecular formula is C13H15Cl2NO2. The highest BCUT2D eigenvalue weighted by molar-refractivity contribution is 6.30. The zero-order chi connectivity index (χ0) is 13.1. The number of carbonyl (C=O) groups excluding carboxylic acids is 1. The molecule has 0 N–H and O–H groups in total. The zero-order valence-electron chi connectivity index (χ0n) is 10.2. The molecule has 1 aromatic carbocycles. The molecule has 1 aliphatic heterocycles. The lowest BCUT2D eigenvalue weighted by Crippen LogP contribution is -2.36. The molecule has 98 valence electrons. The summed E-state index contributed by atoms with van der Waals surface area (Å²) in [5, 5.41) is 0.554. The number of nitrogens with zero attached hydrogens (tertiary/aromatic N) is 1. The number of hydrogen-bond donors (Lipinski definition) is 0. The van der Waals surface area contributed by atoms with E-state index in [0.717, 1.165) is 19.4 Å². The predicted octanol–water partition coefficient (Wildman–Crippen LogP) is 3.19. The van der Waals surface area contributed by atoms with E-state index in [-0.39, 0.29) is 11.9 Å². The van der Waals surface area contributed by atoms with Gasteiger partial charge in [0.15, 0.2) is 0 Å². The Bertz CT molecular complexity index is 451. The van der Waals surface area contributed by atoms with Gasteiger partial charge in [-0.2, -0.15) is 0 Å². The van der Waals surface area contributed by atoms with Gasteiger partial charge in [0.1, 0.15) is 5.75 Å². The minimum absolute atomic E-state index is 0.0355. The smallest absolute Gasteiger partial charge is 0.257 e. The fraction of sp³-hybridized carbons (Fsp3) is 0.462. The van der Waals surface area contributed by atoms with Gasteiger partial charge >= 0.3 is 0 Å². The average Bonchev–Trinajstić information content (AvgIpc) is 2.86. The summed E-state index contributed by atoms with van der Waals surface area (Å²) >= 11 is 11.8. The first kappa shape index (κ1) is 13.5. The van der Waals surface area contributed by atoms with Crippen molar-refractivity contribution in [2.75, 3.05) is 19.5 Å². The minimum atomic E-state index is -0.0355. The lowest BCUT2D eigenvalue weighted by molar-refractivity contribution is 0.0746. The molecule has 1 unspecified atom stereocenters. The summed E-state index contributed by atoms with van der Waals surface area (Å²) in [5.74, 6) is 0.946. The largest absolute Gasteiger partial charge is 0.496 e. The molecule has 0 bridgehead atoms. The molecule has 1 aliphatic rings. The third-order valence-electron chi connectivity index (χ3n) is 3.21. The van der Waals surface area contributed by atoms with Crippen LogP contribution in [0.25, 0.3) is 0 Å². The second-order valence-electron chi connectivity index (χ2n) is 4.29. The van der Waals surface area contributed by atoms with Crippen LogP contribution in [-0.4, -0.2) is 36.4 Å². The Morgan fingerprint density at radius 2 is 2.33 bits per heavy atom. The average molecular weight is 288 g/mol. The van der Waals surface area contributed by atoms with E-state index in [2.05, 4.69) is 0 Å². The SMILES string of the molecule is COc1cc(Cl)ccc1C(=O)N1CCCC1CCl. The van der Waals surface area contributed by atoms with E-state index in [4.69, 9.17) is 27.9 Å². The van der Waals surface area contributed by atoms with Crippen molar-refractivity contribution in [1.82, 2.24) is 4.90 Å². The number of hydrogen-bond acceptors (Lipinski definition) is 2. The van der Waals surface area contributed by atoms with Gasteiger partial charge < -0.3 is 9.64 Å². The second kappa shape index (κ2) is 5.81. The minimum Gasteiger partial charge on any atom is -0.496 e. The van der Waals surface area contributed by atoms with Crippen molar-refractivity contribution in [2.24, 2.45) is 0 Å². The van der Waals surface area contributed by atoms with Gasteiger partial charge in [-0.1, -0.05) is 11.6 Å². The van der Waals surface area contributed by atoms with Crippen LogP contribution in [0.3, 0.4) is 0 Å². The fourth-order valence-corrected chi connectivity index (χ4v) is 2.74. The molecule has 0 aliphatic carbocycles. The van der Waals surface area contributed by atoms with Crippen LogP contribution in [0.2, 0.25) is 5.02 Å². The van der Waals surface area contributed by atoms with Crippen molar-refractivity contribution < 1.29 is 9.53 Å². The van der Waals surface area contributed by atoms with Crippen LogP contribution in [0.15, 0.2) is 18.2 Å². The first-order chi connectivity index (χ1) is 8.67. The molecule has 5 heteroatoms.